The molecule has 0 aliphatic carbocycles. The van der Waals surface area contributed by atoms with Crippen molar-refractivity contribution < 1.29 is 23.9 Å². The van der Waals surface area contributed by atoms with Crippen LogP contribution in [0.15, 0.2) is 73.4 Å². The number of nitrogens with one attached hydrogen (secondary N) is 4. The number of alkyl carbamates (subject to hydrolysis) is 1. The lowest BCUT2D eigenvalue weighted by atomic mass is 10.0. The highest BCUT2D eigenvalue weighted by Gasteiger charge is 2.39. The second kappa shape index (κ2) is 17.6. The van der Waals surface area contributed by atoms with Gasteiger partial charge in [-0.25, -0.2) is 19.7 Å². The maximum atomic E-state index is 13.9. The molecule has 300 valence electrons. The molecular weight excluding hydrogens is 725 g/mol. The molecular formula is C42H52N10O5. The number of methoxy groups -OCH3 is 1. The van der Waals surface area contributed by atoms with Crippen molar-refractivity contribution in [2.75, 3.05) is 34.0 Å². The number of benzene rings is 2. The van der Waals surface area contributed by atoms with E-state index >= 15 is 0 Å². The zero-order valence-corrected chi connectivity index (χ0v) is 33.2. The van der Waals surface area contributed by atoms with Crippen LogP contribution < -0.4 is 10.6 Å². The summed E-state index contributed by atoms with van der Waals surface area (Å²) in [5.74, 6) is 1.15. The lowest BCUT2D eigenvalue weighted by Crippen LogP contribution is -2.48. The molecule has 2 saturated heterocycles. The number of H-pyrrole nitrogens is 2. The number of nitrogens with zero attached hydrogens (tertiary/aromatic N) is 6. The van der Waals surface area contributed by atoms with Gasteiger partial charge in [-0.15, -0.1) is 0 Å². The smallest absolute Gasteiger partial charge is 0.407 e. The first-order valence-corrected chi connectivity index (χ1v) is 19.6. The lowest BCUT2D eigenvalue weighted by molar-refractivity contribution is -0.143. The first-order chi connectivity index (χ1) is 27.6. The van der Waals surface area contributed by atoms with Gasteiger partial charge >= 0.3 is 6.09 Å². The molecule has 2 fully saturated rings. The number of aromatic nitrogens is 6. The van der Waals surface area contributed by atoms with Gasteiger partial charge in [-0.3, -0.25) is 14.9 Å². The number of hydrogen-bond acceptors (Lipinski definition) is 9. The molecule has 15 heteroatoms. The summed E-state index contributed by atoms with van der Waals surface area (Å²) >= 11 is 0. The number of ether oxygens (including phenoxy) is 2. The summed E-state index contributed by atoms with van der Waals surface area (Å²) < 4.78 is 12.6. The molecule has 3 amide bonds. The third kappa shape index (κ3) is 8.64. The molecule has 2 aromatic carbocycles. The van der Waals surface area contributed by atoms with Gasteiger partial charge in [-0.05, 0) is 53.9 Å². The van der Waals surface area contributed by atoms with E-state index in [0.29, 0.717) is 19.5 Å². The number of aromatic amines is 2. The predicted octanol–water partition coefficient (Wildman–Crippen LogP) is 5.38. The van der Waals surface area contributed by atoms with Crippen LogP contribution in [0.1, 0.15) is 69.0 Å². The van der Waals surface area contributed by atoms with Gasteiger partial charge in [0.05, 0.1) is 55.0 Å². The molecule has 4 N–H and O–H groups in total. The van der Waals surface area contributed by atoms with Crippen LogP contribution in [0.25, 0.3) is 33.6 Å². The molecule has 2 aliphatic heterocycles. The summed E-state index contributed by atoms with van der Waals surface area (Å²) in [6, 6.07) is 15.8. The van der Waals surface area contributed by atoms with Crippen LogP contribution >= 0.6 is 0 Å². The van der Waals surface area contributed by atoms with Gasteiger partial charge in [0.25, 0.3) is 5.91 Å². The number of imidazole rings is 3. The van der Waals surface area contributed by atoms with Crippen LogP contribution in [0.5, 0.6) is 0 Å². The molecule has 0 saturated carbocycles. The molecule has 0 radical (unpaired) electrons. The van der Waals surface area contributed by atoms with E-state index in [1.807, 2.05) is 36.6 Å². The topological polar surface area (TPSA) is 175 Å². The summed E-state index contributed by atoms with van der Waals surface area (Å²) in [4.78, 5) is 63.7. The largest absolute Gasteiger partial charge is 0.436 e. The maximum absolute atomic E-state index is 13.9. The van der Waals surface area contributed by atoms with Crippen molar-refractivity contribution in [3.63, 3.8) is 0 Å². The van der Waals surface area contributed by atoms with Crippen molar-refractivity contribution in [3.8, 4) is 33.6 Å². The van der Waals surface area contributed by atoms with Gasteiger partial charge in [-0.2, -0.15) is 0 Å². The van der Waals surface area contributed by atoms with E-state index in [-0.39, 0.29) is 36.5 Å². The Bertz CT molecular complexity index is 2140. The first kappa shape index (κ1) is 39.4. The Morgan fingerprint density at radius 3 is 1.81 bits per heavy atom. The van der Waals surface area contributed by atoms with Crippen molar-refractivity contribution in [1.29, 1.82) is 0 Å². The van der Waals surface area contributed by atoms with Crippen LogP contribution in [0, 0.1) is 5.92 Å². The normalized spacial score (nSPS) is 17.9. The molecule has 0 bridgehead atoms. The van der Waals surface area contributed by atoms with E-state index in [1.165, 1.54) is 7.05 Å². The minimum Gasteiger partial charge on any atom is -0.436 e. The molecule has 3 aromatic heterocycles. The van der Waals surface area contributed by atoms with Gasteiger partial charge in [0, 0.05) is 52.6 Å². The van der Waals surface area contributed by atoms with E-state index < -0.39 is 18.2 Å². The maximum Gasteiger partial charge on any atom is 0.407 e. The molecule has 0 unspecified atom stereocenters. The van der Waals surface area contributed by atoms with Crippen LogP contribution in [0.4, 0.5) is 4.79 Å². The summed E-state index contributed by atoms with van der Waals surface area (Å²) in [7, 11) is 5.02. The van der Waals surface area contributed by atoms with Crippen molar-refractivity contribution in [1.82, 2.24) is 49.9 Å². The number of hydrogen-bond donors (Lipinski definition) is 4. The highest BCUT2D eigenvalue weighted by atomic mass is 16.6. The zero-order chi connectivity index (χ0) is 40.1. The fourth-order valence-corrected chi connectivity index (χ4v) is 7.85. The summed E-state index contributed by atoms with van der Waals surface area (Å²) in [5, 5.41) is 5.70. The summed E-state index contributed by atoms with van der Waals surface area (Å²) in [6.45, 7) is 5.26. The number of carbonyl (C=O) groups is 3. The SMILES string of the molecule is CNC(=O)O[C@H](C(=O)N1CCC[C@H]1c1ncc(-c2ccc(-c3ccc(-c4cnc([C@@H]5CCCN5C(=O)[C@H](Cc5cncn5C)NCOC)[nH]4)cc3)cc2)[nH]1)C(C)C. The number of aryl methyl sites for hydroxylation is 1. The molecule has 5 aromatic rings. The quantitative estimate of drug-likeness (QED) is 0.108. The van der Waals surface area contributed by atoms with E-state index in [2.05, 4.69) is 79.1 Å². The van der Waals surface area contributed by atoms with E-state index in [0.717, 1.165) is 76.7 Å². The molecule has 0 spiro atoms. The molecule has 5 heterocycles. The van der Waals surface area contributed by atoms with E-state index in [1.54, 1.807) is 30.7 Å². The highest BCUT2D eigenvalue weighted by Crippen LogP contribution is 2.35. The standard InChI is InChI=1S/C42H52N10O5/c1-26(2)37(57-42(55)43-3)41(54)52-19-7-9-36(52)39-46-23-34(49-39)30-16-12-28(13-17-30)27-10-14-29(15-11-27)33-22-45-38(48-33)35-8-6-18-51(35)40(53)32(47-25-56-5)20-31-21-44-24-50(31)4/h10-17,21-24,26,32,35-37,47H,6-9,18-20,25H2,1-5H3,(H,43,55)(H,45,48)(H,46,49)/t32-,35-,36-,37-/m0/s1. The fraction of sp³-hybridized carbons (Fsp3) is 0.429. The van der Waals surface area contributed by atoms with Crippen LogP contribution in [0.2, 0.25) is 0 Å². The second-order valence-electron chi connectivity index (χ2n) is 15.1. The molecule has 2 aliphatic rings. The molecule has 7 rings (SSSR count). The summed E-state index contributed by atoms with van der Waals surface area (Å²) in [6.07, 6.45) is 9.56. The number of rotatable bonds is 14. The van der Waals surface area contributed by atoms with Crippen molar-refractivity contribution in [2.24, 2.45) is 13.0 Å². The second-order valence-corrected chi connectivity index (χ2v) is 15.1. The average Bonchev–Trinajstić information content (AvgIpc) is 4.08. The van der Waals surface area contributed by atoms with Crippen molar-refractivity contribution in [3.05, 3.63) is 90.8 Å². The van der Waals surface area contributed by atoms with Gasteiger partial charge in [0.15, 0.2) is 6.10 Å². The number of carbonyl (C=O) groups excluding carboxylic acids is 3. The summed E-state index contributed by atoms with van der Waals surface area (Å²) in [5.41, 5.74) is 6.86. The lowest BCUT2D eigenvalue weighted by Gasteiger charge is -2.29. The van der Waals surface area contributed by atoms with Crippen LogP contribution in [0.3, 0.4) is 0 Å². The highest BCUT2D eigenvalue weighted by molar-refractivity contribution is 5.84. The monoisotopic (exact) mass is 776 g/mol. The average molecular weight is 777 g/mol. The van der Waals surface area contributed by atoms with Crippen molar-refractivity contribution in [2.45, 2.75) is 70.2 Å². The Hall–Kier alpha value is -5.80. The Morgan fingerprint density at radius 2 is 1.33 bits per heavy atom. The minimum absolute atomic E-state index is 0.0234. The number of amides is 3. The number of likely N-dealkylation sites (tertiary alicyclic amines) is 2. The van der Waals surface area contributed by atoms with E-state index in [4.69, 9.17) is 14.5 Å². The van der Waals surface area contributed by atoms with Crippen molar-refractivity contribution >= 4 is 17.9 Å². The Kier molecular flexibility index (Phi) is 12.1. The third-order valence-electron chi connectivity index (χ3n) is 11.0. The third-order valence-corrected chi connectivity index (χ3v) is 11.0. The predicted molar refractivity (Wildman–Crippen MR) is 214 cm³/mol. The first-order valence-electron chi connectivity index (χ1n) is 19.6. The van der Waals surface area contributed by atoms with Gasteiger partial charge in [0.1, 0.15) is 11.6 Å². The minimum atomic E-state index is -0.870. The Morgan fingerprint density at radius 1 is 0.807 bits per heavy atom. The Balaban J connectivity index is 0.995. The van der Waals surface area contributed by atoms with Gasteiger partial charge in [0.2, 0.25) is 5.91 Å². The van der Waals surface area contributed by atoms with Gasteiger partial charge in [-0.1, -0.05) is 62.4 Å². The molecule has 15 nitrogen and oxygen atoms in total. The van der Waals surface area contributed by atoms with Crippen LogP contribution in [-0.4, -0.2) is 103 Å². The Labute approximate surface area is 332 Å². The zero-order valence-electron chi connectivity index (χ0n) is 33.2. The van der Waals surface area contributed by atoms with Crippen LogP contribution in [-0.2, 0) is 32.5 Å². The van der Waals surface area contributed by atoms with E-state index in [9.17, 15) is 14.4 Å². The fourth-order valence-electron chi connectivity index (χ4n) is 7.85. The molecule has 57 heavy (non-hydrogen) atoms. The molecule has 4 atom stereocenters. The van der Waals surface area contributed by atoms with Gasteiger partial charge < -0.3 is 39.1 Å².